The molecule has 24 heavy (non-hydrogen) atoms. The van der Waals surface area contributed by atoms with E-state index in [4.69, 9.17) is 0 Å². The Kier molecular flexibility index (Phi) is 5.87. The van der Waals surface area contributed by atoms with E-state index in [-0.39, 0.29) is 24.5 Å². The largest absolute Gasteiger partial charge is 0.416 e. The molecule has 0 spiro atoms. The van der Waals surface area contributed by atoms with Crippen LogP contribution in [0.4, 0.5) is 13.2 Å². The Morgan fingerprint density at radius 3 is 2.42 bits per heavy atom. The quantitative estimate of drug-likeness (QED) is 0.864. The highest BCUT2D eigenvalue weighted by atomic mass is 19.4. The molecule has 1 saturated heterocycles. The van der Waals surface area contributed by atoms with Crippen LogP contribution >= 0.6 is 0 Å². The van der Waals surface area contributed by atoms with E-state index >= 15 is 0 Å². The molecule has 1 heterocycles. The SMILES string of the molecule is CC(C)CC1CC(C(=O)N(C)Cc2ccc(C(F)(F)F)cc2)NN1. The van der Waals surface area contributed by atoms with Gasteiger partial charge in [0.25, 0.3) is 0 Å². The van der Waals surface area contributed by atoms with Gasteiger partial charge in [-0.2, -0.15) is 13.2 Å². The Bertz CT molecular complexity index is 557. The van der Waals surface area contributed by atoms with Gasteiger partial charge in [0.1, 0.15) is 6.04 Å². The maximum absolute atomic E-state index is 12.6. The molecule has 0 bridgehead atoms. The molecule has 0 saturated carbocycles. The molecule has 134 valence electrons. The average Bonchev–Trinajstić information content (AvgIpc) is 2.93. The fraction of sp³-hybridized carbons (Fsp3) is 0.588. The third-order valence-corrected chi connectivity index (χ3v) is 4.11. The third kappa shape index (κ3) is 4.95. The lowest BCUT2D eigenvalue weighted by Crippen LogP contribution is -2.44. The van der Waals surface area contributed by atoms with Crippen molar-refractivity contribution in [3.05, 3.63) is 35.4 Å². The molecule has 7 heteroatoms. The highest BCUT2D eigenvalue weighted by molar-refractivity contribution is 5.82. The van der Waals surface area contributed by atoms with Gasteiger partial charge in [0.15, 0.2) is 0 Å². The Morgan fingerprint density at radius 1 is 1.25 bits per heavy atom. The molecule has 1 aromatic rings. The van der Waals surface area contributed by atoms with Crippen molar-refractivity contribution >= 4 is 5.91 Å². The maximum atomic E-state index is 12.6. The minimum atomic E-state index is -4.34. The van der Waals surface area contributed by atoms with Crippen LogP contribution in [0.2, 0.25) is 0 Å². The molecule has 1 aromatic carbocycles. The van der Waals surface area contributed by atoms with Crippen molar-refractivity contribution in [1.29, 1.82) is 0 Å². The molecule has 2 atom stereocenters. The first-order valence-electron chi connectivity index (χ1n) is 8.09. The molecular weight excluding hydrogens is 319 g/mol. The molecule has 2 N–H and O–H groups in total. The smallest absolute Gasteiger partial charge is 0.340 e. The molecular formula is C17H24F3N3O. The standard InChI is InChI=1S/C17H24F3N3O/c1-11(2)8-14-9-15(22-21-14)16(24)23(3)10-12-4-6-13(7-5-12)17(18,19)20/h4-7,11,14-15,21-22H,8-10H2,1-3H3. The maximum Gasteiger partial charge on any atom is 0.416 e. The number of carbonyl (C=O) groups is 1. The normalized spacial score (nSPS) is 21.3. The summed E-state index contributed by atoms with van der Waals surface area (Å²) >= 11 is 0. The lowest BCUT2D eigenvalue weighted by molar-refractivity contribution is -0.137. The van der Waals surface area contributed by atoms with E-state index in [2.05, 4.69) is 24.7 Å². The molecule has 2 unspecified atom stereocenters. The topological polar surface area (TPSA) is 44.4 Å². The number of benzene rings is 1. The number of nitrogens with one attached hydrogen (secondary N) is 2. The number of likely N-dealkylation sites (N-methyl/N-ethyl adjacent to an activating group) is 1. The van der Waals surface area contributed by atoms with E-state index in [9.17, 15) is 18.0 Å². The Morgan fingerprint density at radius 2 is 1.88 bits per heavy atom. The van der Waals surface area contributed by atoms with Gasteiger partial charge in [0.05, 0.1) is 5.56 Å². The van der Waals surface area contributed by atoms with Gasteiger partial charge >= 0.3 is 6.18 Å². The van der Waals surface area contributed by atoms with Gasteiger partial charge in [0.2, 0.25) is 5.91 Å². The summed E-state index contributed by atoms with van der Waals surface area (Å²) < 4.78 is 37.7. The van der Waals surface area contributed by atoms with Gasteiger partial charge in [-0.25, -0.2) is 5.43 Å². The van der Waals surface area contributed by atoms with Crippen molar-refractivity contribution in [3.8, 4) is 0 Å². The van der Waals surface area contributed by atoms with Crippen LogP contribution in [0.5, 0.6) is 0 Å². The second-order valence-electron chi connectivity index (χ2n) is 6.79. The van der Waals surface area contributed by atoms with E-state index in [0.29, 0.717) is 17.9 Å². The first-order chi connectivity index (χ1) is 11.2. The van der Waals surface area contributed by atoms with E-state index in [0.717, 1.165) is 18.6 Å². The minimum Gasteiger partial charge on any atom is -0.340 e. The highest BCUT2D eigenvalue weighted by Crippen LogP contribution is 2.29. The summed E-state index contributed by atoms with van der Waals surface area (Å²) in [6.45, 7) is 4.55. The number of amides is 1. The molecule has 1 amide bonds. The van der Waals surface area contributed by atoms with Gasteiger partial charge in [0, 0.05) is 19.6 Å². The Labute approximate surface area is 140 Å². The van der Waals surface area contributed by atoms with Crippen LogP contribution in [0.1, 0.15) is 37.8 Å². The van der Waals surface area contributed by atoms with Crippen LogP contribution in [0.25, 0.3) is 0 Å². The summed E-state index contributed by atoms with van der Waals surface area (Å²) in [6, 6.07) is 4.87. The minimum absolute atomic E-state index is 0.0614. The Hall–Kier alpha value is -1.60. The predicted molar refractivity (Wildman–Crippen MR) is 85.8 cm³/mol. The molecule has 0 radical (unpaired) electrons. The van der Waals surface area contributed by atoms with Gasteiger partial charge in [-0.1, -0.05) is 26.0 Å². The highest BCUT2D eigenvalue weighted by Gasteiger charge is 2.32. The van der Waals surface area contributed by atoms with Crippen LogP contribution in [0.3, 0.4) is 0 Å². The van der Waals surface area contributed by atoms with Crippen LogP contribution in [0, 0.1) is 5.92 Å². The van der Waals surface area contributed by atoms with E-state index in [1.807, 2.05) is 0 Å². The van der Waals surface area contributed by atoms with Crippen LogP contribution in [-0.2, 0) is 17.5 Å². The Balaban J connectivity index is 1.90. The summed E-state index contributed by atoms with van der Waals surface area (Å²) in [4.78, 5) is 14.0. The lowest BCUT2D eigenvalue weighted by Gasteiger charge is -2.21. The molecule has 0 aliphatic carbocycles. The number of hydrazine groups is 1. The number of alkyl halides is 3. The van der Waals surface area contributed by atoms with Crippen molar-refractivity contribution < 1.29 is 18.0 Å². The zero-order chi connectivity index (χ0) is 17.9. The zero-order valence-electron chi connectivity index (χ0n) is 14.2. The van der Waals surface area contributed by atoms with E-state index in [1.54, 1.807) is 11.9 Å². The monoisotopic (exact) mass is 343 g/mol. The first kappa shape index (κ1) is 18.7. The third-order valence-electron chi connectivity index (χ3n) is 4.11. The molecule has 4 nitrogen and oxygen atoms in total. The van der Waals surface area contributed by atoms with Crippen molar-refractivity contribution in [2.24, 2.45) is 5.92 Å². The molecule has 1 aliphatic heterocycles. The summed E-state index contributed by atoms with van der Waals surface area (Å²) in [5.74, 6) is 0.483. The second-order valence-corrected chi connectivity index (χ2v) is 6.79. The number of carbonyl (C=O) groups excluding carboxylic acids is 1. The van der Waals surface area contributed by atoms with Gasteiger partial charge in [-0.05, 0) is 36.5 Å². The van der Waals surface area contributed by atoms with E-state index in [1.165, 1.54) is 12.1 Å². The second kappa shape index (κ2) is 7.53. The number of halogens is 3. The number of rotatable bonds is 5. The van der Waals surface area contributed by atoms with Crippen LogP contribution in [0.15, 0.2) is 24.3 Å². The van der Waals surface area contributed by atoms with Crippen LogP contribution in [-0.4, -0.2) is 29.9 Å². The molecule has 1 fully saturated rings. The summed E-state index contributed by atoms with van der Waals surface area (Å²) in [5, 5.41) is 0. The fourth-order valence-electron chi connectivity index (χ4n) is 2.92. The van der Waals surface area contributed by atoms with Crippen molar-refractivity contribution in [2.45, 2.75) is 51.5 Å². The average molecular weight is 343 g/mol. The summed E-state index contributed by atoms with van der Waals surface area (Å²) in [5.41, 5.74) is 6.14. The number of nitrogens with zero attached hydrogens (tertiary/aromatic N) is 1. The number of hydrogen-bond donors (Lipinski definition) is 2. The van der Waals surface area contributed by atoms with Crippen molar-refractivity contribution in [2.75, 3.05) is 7.05 Å². The van der Waals surface area contributed by atoms with Crippen molar-refractivity contribution in [1.82, 2.24) is 15.8 Å². The predicted octanol–water partition coefficient (Wildman–Crippen LogP) is 2.95. The van der Waals surface area contributed by atoms with E-state index < -0.39 is 11.7 Å². The summed E-state index contributed by atoms with van der Waals surface area (Å²) in [6.07, 6.45) is -2.64. The summed E-state index contributed by atoms with van der Waals surface area (Å²) in [7, 11) is 1.66. The van der Waals surface area contributed by atoms with Crippen molar-refractivity contribution in [3.63, 3.8) is 0 Å². The van der Waals surface area contributed by atoms with Crippen LogP contribution < -0.4 is 10.9 Å². The van der Waals surface area contributed by atoms with Gasteiger partial charge in [-0.3, -0.25) is 10.2 Å². The first-order valence-corrected chi connectivity index (χ1v) is 8.09. The zero-order valence-corrected chi connectivity index (χ0v) is 14.2. The lowest BCUT2D eigenvalue weighted by atomic mass is 9.99. The van der Waals surface area contributed by atoms with Gasteiger partial charge in [-0.15, -0.1) is 0 Å². The van der Waals surface area contributed by atoms with Gasteiger partial charge < -0.3 is 4.90 Å². The molecule has 0 aromatic heterocycles. The fourth-order valence-corrected chi connectivity index (χ4v) is 2.92. The molecule has 1 aliphatic rings. The number of hydrogen-bond acceptors (Lipinski definition) is 3. The molecule has 2 rings (SSSR count).